The second-order valence-corrected chi connectivity index (χ2v) is 11.7. The van der Waals surface area contributed by atoms with Gasteiger partial charge in [0.2, 0.25) is 12.4 Å². The lowest BCUT2D eigenvalue weighted by molar-refractivity contribution is -0.126. The van der Waals surface area contributed by atoms with Crippen LogP contribution in [-0.4, -0.2) is 96.8 Å². The number of carbonyl (C=O) groups is 1. The third-order valence-corrected chi connectivity index (χ3v) is 8.10. The molecule has 2 saturated heterocycles. The molecule has 0 bridgehead atoms. The number of fused-ring (bicyclic) bond motifs is 1. The van der Waals surface area contributed by atoms with E-state index in [0.717, 1.165) is 25.5 Å². The molecule has 208 valence electrons. The summed E-state index contributed by atoms with van der Waals surface area (Å²) in [7, 11) is 2.12. The third-order valence-electron chi connectivity index (χ3n) is 8.10. The van der Waals surface area contributed by atoms with Crippen LogP contribution in [0.5, 0.6) is 0 Å². The Kier molecular flexibility index (Phi) is 7.00. The lowest BCUT2D eigenvalue weighted by Gasteiger charge is -2.54. The van der Waals surface area contributed by atoms with Crippen molar-refractivity contribution in [2.45, 2.75) is 88.6 Å². The average molecular weight is 532 g/mol. The molecule has 5 rings (SSSR count). The van der Waals surface area contributed by atoms with Crippen LogP contribution in [0.4, 0.5) is 4.39 Å². The smallest absolute Gasteiger partial charge is 0.223 e. The number of hydrogen-bond acceptors (Lipinski definition) is 9. The number of halogens is 1. The first kappa shape index (κ1) is 25.5. The fourth-order valence-corrected chi connectivity index (χ4v) is 5.80. The first-order valence-corrected chi connectivity index (χ1v) is 13.2. The summed E-state index contributed by atoms with van der Waals surface area (Å²) in [6.45, 7) is 10.1. The number of rotatable bonds is 5. The maximum atomic E-state index is 15.2. The molecule has 38 heavy (non-hydrogen) atoms. The molecule has 0 spiro atoms. The summed E-state index contributed by atoms with van der Waals surface area (Å²) in [5.41, 5.74) is 0.517. The summed E-state index contributed by atoms with van der Waals surface area (Å²) >= 11 is 0. The van der Waals surface area contributed by atoms with Crippen LogP contribution < -0.4 is 10.6 Å². The number of morpholine rings is 1. The van der Waals surface area contributed by atoms with E-state index in [-0.39, 0.29) is 35.3 Å². The minimum absolute atomic E-state index is 0.00882. The van der Waals surface area contributed by atoms with Crippen LogP contribution in [0.3, 0.4) is 0 Å². The molecule has 2 fully saturated rings. The first-order valence-electron chi connectivity index (χ1n) is 13.7. The predicted octanol–water partition coefficient (Wildman–Crippen LogP) is 2.21. The molecule has 5 aliphatic rings. The van der Waals surface area contributed by atoms with Crippen molar-refractivity contribution in [3.63, 3.8) is 0 Å². The van der Waals surface area contributed by atoms with Gasteiger partial charge in [-0.15, -0.1) is 0 Å². The second kappa shape index (κ2) is 10.4. The Bertz CT molecular complexity index is 1120. The number of allylic oxidation sites excluding steroid dienone is 1. The van der Waals surface area contributed by atoms with Crippen LogP contribution in [0.1, 0.15) is 48.3 Å². The molecule has 1 aliphatic carbocycles. The van der Waals surface area contributed by atoms with Gasteiger partial charge in [-0.3, -0.25) is 15.0 Å². The Labute approximate surface area is 225 Å². The zero-order valence-corrected chi connectivity index (χ0v) is 22.7. The lowest BCUT2D eigenvalue weighted by Crippen LogP contribution is -2.63. The zero-order chi connectivity index (χ0) is 28.0. The van der Waals surface area contributed by atoms with Crippen LogP contribution in [0.15, 0.2) is 45.6 Å². The van der Waals surface area contributed by atoms with Crippen LogP contribution in [0.2, 0.25) is 0 Å². The molecule has 4 atom stereocenters. The summed E-state index contributed by atoms with van der Waals surface area (Å²) in [6, 6.07) is -0.00882. The molecule has 4 aliphatic heterocycles. The number of likely N-dealkylation sites (tertiary alicyclic amines) is 1. The van der Waals surface area contributed by atoms with Crippen molar-refractivity contribution in [1.29, 1.82) is 0 Å². The summed E-state index contributed by atoms with van der Waals surface area (Å²) in [4.78, 5) is 23.7. The molecule has 0 aromatic heterocycles. The van der Waals surface area contributed by atoms with Crippen molar-refractivity contribution >= 4 is 18.6 Å². The molecular formula is C27H39FN6O4. The molecule has 1 amide bonds. The molecule has 4 heterocycles. The van der Waals surface area contributed by atoms with Crippen molar-refractivity contribution in [2.24, 2.45) is 9.98 Å². The van der Waals surface area contributed by atoms with E-state index in [4.69, 9.17) is 15.6 Å². The van der Waals surface area contributed by atoms with E-state index in [1.165, 1.54) is 6.26 Å². The Morgan fingerprint density at radius 2 is 1.97 bits per heavy atom. The van der Waals surface area contributed by atoms with Crippen LogP contribution in [-0.2, 0) is 19.0 Å². The van der Waals surface area contributed by atoms with Gasteiger partial charge in [-0.25, -0.2) is 14.4 Å². The van der Waals surface area contributed by atoms with E-state index in [1.54, 1.807) is 11.0 Å². The van der Waals surface area contributed by atoms with Crippen molar-refractivity contribution in [2.75, 3.05) is 26.7 Å². The maximum absolute atomic E-state index is 15.2. The zero-order valence-electron chi connectivity index (χ0n) is 23.7. The van der Waals surface area contributed by atoms with E-state index in [1.807, 2.05) is 6.08 Å². The lowest BCUT2D eigenvalue weighted by atomic mass is 9.77. The number of amides is 1. The number of nitrogens with one attached hydrogen (secondary N) is 2. The highest BCUT2D eigenvalue weighted by molar-refractivity contribution is 5.92. The molecule has 11 heteroatoms. The van der Waals surface area contributed by atoms with Gasteiger partial charge in [-0.05, 0) is 47.6 Å². The van der Waals surface area contributed by atoms with Crippen LogP contribution in [0.25, 0.3) is 0 Å². The number of alkyl halides is 1. The molecule has 0 radical (unpaired) electrons. The number of piperidine rings is 1. The SMILES string of the molecule is [2H]C1(F)C=NC(NC2=CCC3OC(C4CN(C=O)CCO4)=COC3=C2)=NC1NC1CC(C)(C)N(C)C(C)(C)C1. The normalized spacial score (nSPS) is 35.4. The standard InChI is InChI=1S/C27H39FN6O4/c1-26(2)11-18(12-27(3,4)33(26)5)30-24-19(28)13-29-25(32-24)31-17-6-7-20-21(10-17)37-15-23(38-20)22-14-34(16-35)8-9-36-22/h6,10,13,15-16,18-20,22,24,30H,7-9,11-12,14H2,1-5H3,(H,31,32)/i19D. The monoisotopic (exact) mass is 531 g/mol. The van der Waals surface area contributed by atoms with Crippen molar-refractivity contribution in [3.8, 4) is 0 Å². The molecule has 0 aromatic rings. The molecular weight excluding hydrogens is 491 g/mol. The molecule has 0 saturated carbocycles. The van der Waals surface area contributed by atoms with Gasteiger partial charge in [0.05, 0.1) is 14.5 Å². The van der Waals surface area contributed by atoms with Gasteiger partial charge in [0.15, 0.2) is 18.0 Å². The summed E-state index contributed by atoms with van der Waals surface area (Å²) in [5.74, 6) is 1.38. The number of hydrogen-bond donors (Lipinski definition) is 2. The molecule has 0 aromatic carbocycles. The Balaban J connectivity index is 1.24. The Hall–Kier alpha value is -2.76. The highest BCUT2D eigenvalue weighted by Gasteiger charge is 2.44. The van der Waals surface area contributed by atoms with Crippen LogP contribution >= 0.6 is 0 Å². The van der Waals surface area contributed by atoms with Gasteiger partial charge in [0, 0.05) is 48.1 Å². The molecule has 4 unspecified atom stereocenters. The number of aliphatic imine (C=N–C) groups is 2. The third kappa shape index (κ3) is 5.64. The van der Waals surface area contributed by atoms with Crippen molar-refractivity contribution in [1.82, 2.24) is 20.4 Å². The topological polar surface area (TPSA) is 100 Å². The average Bonchev–Trinajstić information content (AvgIpc) is 2.88. The fourth-order valence-electron chi connectivity index (χ4n) is 5.80. The van der Waals surface area contributed by atoms with Gasteiger partial charge < -0.3 is 24.4 Å². The van der Waals surface area contributed by atoms with E-state index in [0.29, 0.717) is 43.3 Å². The van der Waals surface area contributed by atoms with Crippen molar-refractivity contribution < 1.29 is 24.8 Å². The van der Waals surface area contributed by atoms with Gasteiger partial charge in [-0.2, -0.15) is 0 Å². The number of carbonyl (C=O) groups excluding carboxylic acids is 1. The molecule has 2 N–H and O–H groups in total. The second-order valence-electron chi connectivity index (χ2n) is 11.7. The maximum Gasteiger partial charge on any atom is 0.223 e. The van der Waals surface area contributed by atoms with Gasteiger partial charge in [0.25, 0.3) is 0 Å². The number of guanidine groups is 1. The minimum Gasteiger partial charge on any atom is -0.480 e. The summed E-state index contributed by atoms with van der Waals surface area (Å²) in [6.07, 6.45) is 4.94. The summed E-state index contributed by atoms with van der Waals surface area (Å²) in [5, 5.41) is 6.44. The highest BCUT2D eigenvalue weighted by Crippen LogP contribution is 2.37. The molecule has 10 nitrogen and oxygen atoms in total. The number of ether oxygens (including phenoxy) is 3. The Morgan fingerprint density at radius 3 is 2.71 bits per heavy atom. The van der Waals surface area contributed by atoms with Gasteiger partial charge in [-0.1, -0.05) is 6.08 Å². The quantitative estimate of drug-likeness (QED) is 0.525. The largest absolute Gasteiger partial charge is 0.480 e. The van der Waals surface area contributed by atoms with E-state index >= 15 is 4.39 Å². The minimum atomic E-state index is -2.46. The van der Waals surface area contributed by atoms with Crippen LogP contribution in [0, 0.1) is 0 Å². The Morgan fingerprint density at radius 1 is 1.21 bits per heavy atom. The van der Waals surface area contributed by atoms with E-state index in [9.17, 15) is 4.79 Å². The summed E-state index contributed by atoms with van der Waals surface area (Å²) < 4.78 is 41.1. The van der Waals surface area contributed by atoms with Crippen molar-refractivity contribution in [3.05, 3.63) is 35.6 Å². The van der Waals surface area contributed by atoms with E-state index in [2.05, 4.69) is 60.3 Å². The fraction of sp³-hybridized carbons (Fsp3) is 0.667. The van der Waals surface area contributed by atoms with Gasteiger partial charge in [0.1, 0.15) is 24.3 Å². The first-order chi connectivity index (χ1) is 18.4. The highest BCUT2D eigenvalue weighted by atomic mass is 19.1. The number of nitrogens with zero attached hydrogens (tertiary/aromatic N) is 4. The predicted molar refractivity (Wildman–Crippen MR) is 142 cm³/mol. The van der Waals surface area contributed by atoms with E-state index < -0.39 is 12.3 Å². The van der Waals surface area contributed by atoms with Gasteiger partial charge >= 0.3 is 0 Å².